The minimum absolute atomic E-state index is 0.199. The van der Waals surface area contributed by atoms with Crippen molar-refractivity contribution >= 4 is 11.3 Å². The van der Waals surface area contributed by atoms with E-state index < -0.39 is 0 Å². The van der Waals surface area contributed by atoms with Gasteiger partial charge in [0.15, 0.2) is 0 Å². The third-order valence-electron chi connectivity index (χ3n) is 2.63. The number of nitrogens with zero attached hydrogens (tertiary/aromatic N) is 2. The Morgan fingerprint density at radius 2 is 2.36 bits per heavy atom. The van der Waals surface area contributed by atoms with Gasteiger partial charge in [0.25, 0.3) is 0 Å². The molecule has 1 heterocycles. The fraction of sp³-hybridized carbons (Fsp3) is 0.636. The minimum atomic E-state index is 0.199. The first-order valence-corrected chi connectivity index (χ1v) is 5.90. The minimum Gasteiger partial charge on any atom is -0.246 e. The number of fused-ring (bicyclic) bond motifs is 1. The van der Waals surface area contributed by atoms with Crippen molar-refractivity contribution in [3.63, 3.8) is 0 Å². The average Bonchev–Trinajstić information content (AvgIpc) is 2.59. The maximum atomic E-state index is 8.86. The molecule has 1 atom stereocenters. The first kappa shape index (κ1) is 9.67. The summed E-state index contributed by atoms with van der Waals surface area (Å²) in [5.41, 5.74) is 1.19. The molecule has 3 heteroatoms. The van der Waals surface area contributed by atoms with Crippen LogP contribution in [-0.4, -0.2) is 4.98 Å². The Balaban J connectivity index is 2.26. The van der Waals surface area contributed by atoms with Crippen LogP contribution in [0.3, 0.4) is 0 Å². The van der Waals surface area contributed by atoms with Crippen LogP contribution in [0.25, 0.3) is 0 Å². The predicted molar refractivity (Wildman–Crippen MR) is 57.3 cm³/mol. The van der Waals surface area contributed by atoms with E-state index >= 15 is 0 Å². The average molecular weight is 206 g/mol. The molecule has 1 aliphatic rings. The number of hydrogen-bond acceptors (Lipinski definition) is 3. The molecule has 74 valence electrons. The van der Waals surface area contributed by atoms with Gasteiger partial charge in [-0.05, 0) is 12.8 Å². The Morgan fingerprint density at radius 1 is 1.57 bits per heavy atom. The van der Waals surface area contributed by atoms with Crippen LogP contribution in [0, 0.1) is 17.2 Å². The number of thiazole rings is 1. The van der Waals surface area contributed by atoms with Crippen molar-refractivity contribution in [2.45, 2.75) is 39.0 Å². The highest BCUT2D eigenvalue weighted by Gasteiger charge is 2.22. The molecule has 1 aliphatic carbocycles. The van der Waals surface area contributed by atoms with E-state index in [9.17, 15) is 0 Å². The molecular formula is C11H14N2S. The number of aryl methyl sites for hydroxylation is 1. The SMILES string of the molecule is CC(C)c1nc2c(s1)CCC(C#N)C2. The molecule has 1 aromatic rings. The molecule has 0 saturated heterocycles. The summed E-state index contributed by atoms with van der Waals surface area (Å²) >= 11 is 1.84. The third-order valence-corrected chi connectivity index (χ3v) is 4.09. The Labute approximate surface area is 88.6 Å². The van der Waals surface area contributed by atoms with Gasteiger partial charge in [0, 0.05) is 17.2 Å². The molecule has 0 N–H and O–H groups in total. The highest BCUT2D eigenvalue weighted by molar-refractivity contribution is 7.11. The Bertz CT molecular complexity index is 373. The lowest BCUT2D eigenvalue weighted by Gasteiger charge is -2.13. The quantitative estimate of drug-likeness (QED) is 0.708. The predicted octanol–water partition coefficient (Wildman–Crippen LogP) is 2.89. The van der Waals surface area contributed by atoms with E-state index in [1.807, 2.05) is 11.3 Å². The molecule has 1 aromatic heterocycles. The van der Waals surface area contributed by atoms with Crippen LogP contribution in [0.15, 0.2) is 0 Å². The first-order valence-electron chi connectivity index (χ1n) is 5.08. The van der Waals surface area contributed by atoms with Gasteiger partial charge in [0.05, 0.1) is 22.7 Å². The molecule has 0 fully saturated rings. The zero-order valence-corrected chi connectivity index (χ0v) is 9.40. The summed E-state index contributed by atoms with van der Waals surface area (Å²) in [5.74, 6) is 0.718. The molecular weight excluding hydrogens is 192 g/mol. The number of nitriles is 1. The second-order valence-electron chi connectivity index (χ2n) is 4.15. The van der Waals surface area contributed by atoms with Crippen molar-refractivity contribution in [1.29, 1.82) is 5.26 Å². The normalized spacial score (nSPS) is 20.6. The number of aromatic nitrogens is 1. The number of hydrogen-bond donors (Lipinski definition) is 0. The van der Waals surface area contributed by atoms with Crippen LogP contribution in [0.1, 0.15) is 41.8 Å². The van der Waals surface area contributed by atoms with Gasteiger partial charge in [0.1, 0.15) is 0 Å². The molecule has 14 heavy (non-hydrogen) atoms. The fourth-order valence-electron chi connectivity index (χ4n) is 1.76. The van der Waals surface area contributed by atoms with Crippen molar-refractivity contribution in [2.75, 3.05) is 0 Å². The third kappa shape index (κ3) is 1.67. The lowest BCUT2D eigenvalue weighted by Crippen LogP contribution is -2.11. The maximum absolute atomic E-state index is 8.86. The van der Waals surface area contributed by atoms with Crippen LogP contribution < -0.4 is 0 Å². The van der Waals surface area contributed by atoms with E-state index in [1.165, 1.54) is 15.6 Å². The molecule has 0 saturated carbocycles. The summed E-state index contributed by atoms with van der Waals surface area (Å²) < 4.78 is 0. The van der Waals surface area contributed by atoms with Crippen molar-refractivity contribution in [1.82, 2.24) is 4.98 Å². The van der Waals surface area contributed by atoms with Gasteiger partial charge >= 0.3 is 0 Å². The largest absolute Gasteiger partial charge is 0.246 e. The molecule has 2 rings (SSSR count). The van der Waals surface area contributed by atoms with Crippen LogP contribution in [-0.2, 0) is 12.8 Å². The monoisotopic (exact) mass is 206 g/mol. The van der Waals surface area contributed by atoms with Crippen molar-refractivity contribution in [3.8, 4) is 6.07 Å². The van der Waals surface area contributed by atoms with Crippen LogP contribution in [0.5, 0.6) is 0 Å². The standard InChI is InChI=1S/C11H14N2S/c1-7(2)11-13-9-5-8(6-12)3-4-10(9)14-11/h7-8H,3-5H2,1-2H3. The zero-order chi connectivity index (χ0) is 10.1. The van der Waals surface area contributed by atoms with Gasteiger partial charge in [0.2, 0.25) is 0 Å². The molecule has 0 bridgehead atoms. The van der Waals surface area contributed by atoms with E-state index in [-0.39, 0.29) is 5.92 Å². The van der Waals surface area contributed by atoms with E-state index in [0.29, 0.717) is 5.92 Å². The van der Waals surface area contributed by atoms with Crippen LogP contribution in [0.4, 0.5) is 0 Å². The maximum Gasteiger partial charge on any atom is 0.0956 e. The van der Waals surface area contributed by atoms with Crippen LogP contribution >= 0.6 is 11.3 Å². The second-order valence-corrected chi connectivity index (χ2v) is 5.26. The molecule has 0 amide bonds. The molecule has 0 radical (unpaired) electrons. The van der Waals surface area contributed by atoms with Gasteiger partial charge in [-0.2, -0.15) is 5.26 Å². The molecule has 1 unspecified atom stereocenters. The Kier molecular flexibility index (Phi) is 2.56. The van der Waals surface area contributed by atoms with Gasteiger partial charge in [-0.15, -0.1) is 11.3 Å². The topological polar surface area (TPSA) is 36.7 Å². The van der Waals surface area contributed by atoms with Crippen molar-refractivity contribution in [3.05, 3.63) is 15.6 Å². The lowest BCUT2D eigenvalue weighted by atomic mass is 9.92. The van der Waals surface area contributed by atoms with E-state index in [0.717, 1.165) is 19.3 Å². The van der Waals surface area contributed by atoms with Gasteiger partial charge in [-0.1, -0.05) is 13.8 Å². The van der Waals surface area contributed by atoms with Gasteiger partial charge in [-0.25, -0.2) is 4.98 Å². The summed E-state index contributed by atoms with van der Waals surface area (Å²) in [6, 6.07) is 2.35. The van der Waals surface area contributed by atoms with E-state index in [2.05, 4.69) is 24.9 Å². The Hall–Kier alpha value is -0.880. The van der Waals surface area contributed by atoms with E-state index in [4.69, 9.17) is 5.26 Å². The summed E-state index contributed by atoms with van der Waals surface area (Å²) in [6.45, 7) is 4.35. The summed E-state index contributed by atoms with van der Waals surface area (Å²) in [7, 11) is 0. The molecule has 0 spiro atoms. The van der Waals surface area contributed by atoms with E-state index in [1.54, 1.807) is 0 Å². The molecule has 0 aromatic carbocycles. The Morgan fingerprint density at radius 3 is 3.00 bits per heavy atom. The summed E-state index contributed by atoms with van der Waals surface area (Å²) in [6.07, 6.45) is 2.94. The first-order chi connectivity index (χ1) is 6.70. The highest BCUT2D eigenvalue weighted by atomic mass is 32.1. The molecule has 2 nitrogen and oxygen atoms in total. The fourth-order valence-corrected chi connectivity index (χ4v) is 2.87. The summed E-state index contributed by atoms with van der Waals surface area (Å²) in [4.78, 5) is 6.03. The van der Waals surface area contributed by atoms with Crippen molar-refractivity contribution < 1.29 is 0 Å². The van der Waals surface area contributed by atoms with Gasteiger partial charge < -0.3 is 0 Å². The second kappa shape index (κ2) is 3.70. The summed E-state index contributed by atoms with van der Waals surface area (Å²) in [5, 5.41) is 10.1. The highest BCUT2D eigenvalue weighted by Crippen LogP contribution is 2.32. The van der Waals surface area contributed by atoms with Gasteiger partial charge in [-0.3, -0.25) is 0 Å². The van der Waals surface area contributed by atoms with Crippen LogP contribution in [0.2, 0.25) is 0 Å². The zero-order valence-electron chi connectivity index (χ0n) is 8.58. The number of rotatable bonds is 1. The molecule has 0 aliphatic heterocycles. The smallest absolute Gasteiger partial charge is 0.0956 e. The van der Waals surface area contributed by atoms with Crippen molar-refractivity contribution in [2.24, 2.45) is 5.92 Å². The lowest BCUT2D eigenvalue weighted by molar-refractivity contribution is 0.560.